The third-order valence-electron chi connectivity index (χ3n) is 7.50. The van der Waals surface area contributed by atoms with Crippen molar-refractivity contribution in [3.05, 3.63) is 89.9 Å². The minimum Gasteiger partial charge on any atom is -0.477 e. The predicted molar refractivity (Wildman–Crippen MR) is 137 cm³/mol. The number of amides is 1. The molecule has 2 aliphatic rings. The van der Waals surface area contributed by atoms with E-state index in [0.717, 1.165) is 32.8 Å². The Morgan fingerprint density at radius 3 is 2.50 bits per heavy atom. The number of aliphatic hydroxyl groups excluding tert-OH is 1. The van der Waals surface area contributed by atoms with Crippen LogP contribution in [0.1, 0.15) is 24.5 Å². The van der Waals surface area contributed by atoms with E-state index in [1.54, 1.807) is 6.92 Å². The molecule has 180 valence electrons. The SMILES string of the molecule is C[C@@H](O)[C@H]1C(=O)N2C(C(=O)O)=C(c3ccc4cc(C[n+]5ccc(N)cc5)c5ccccc5c4c3)C[C@H]12. The molecule has 0 spiro atoms. The predicted octanol–water partition coefficient (Wildman–Crippen LogP) is 3.32. The molecule has 1 aromatic heterocycles. The Balaban J connectivity index is 1.47. The van der Waals surface area contributed by atoms with Gasteiger partial charge >= 0.3 is 5.97 Å². The van der Waals surface area contributed by atoms with Crippen LogP contribution in [0, 0.1) is 5.92 Å². The fourth-order valence-electron chi connectivity index (χ4n) is 5.80. The molecule has 6 rings (SSSR count). The molecular formula is C29H26N3O4+. The Morgan fingerprint density at radius 1 is 1.08 bits per heavy atom. The first-order valence-corrected chi connectivity index (χ1v) is 12.0. The van der Waals surface area contributed by atoms with Gasteiger partial charge in [0.1, 0.15) is 5.70 Å². The number of carbonyl (C=O) groups excluding carboxylic acids is 1. The van der Waals surface area contributed by atoms with Crippen LogP contribution in [0.3, 0.4) is 0 Å². The molecule has 1 fully saturated rings. The zero-order chi connectivity index (χ0) is 25.1. The molecule has 1 amide bonds. The number of carbonyl (C=O) groups is 2. The maximum absolute atomic E-state index is 12.6. The second-order valence-corrected chi connectivity index (χ2v) is 9.70. The number of nitrogen functional groups attached to an aromatic ring is 1. The molecule has 1 saturated heterocycles. The number of aliphatic hydroxyl groups is 1. The third-order valence-corrected chi connectivity index (χ3v) is 7.50. The van der Waals surface area contributed by atoms with Crippen molar-refractivity contribution in [3.63, 3.8) is 0 Å². The number of benzene rings is 3. The Labute approximate surface area is 207 Å². The Morgan fingerprint density at radius 2 is 1.81 bits per heavy atom. The van der Waals surface area contributed by atoms with E-state index in [-0.39, 0.29) is 17.6 Å². The summed E-state index contributed by atoms with van der Waals surface area (Å²) >= 11 is 0. The highest BCUT2D eigenvalue weighted by Gasteiger charge is 2.56. The molecule has 7 nitrogen and oxygen atoms in total. The van der Waals surface area contributed by atoms with E-state index in [1.165, 1.54) is 10.5 Å². The largest absolute Gasteiger partial charge is 0.477 e. The molecule has 3 aromatic carbocycles. The normalized spacial score (nSPS) is 20.1. The van der Waals surface area contributed by atoms with E-state index in [9.17, 15) is 19.8 Å². The number of fused-ring (bicyclic) bond motifs is 4. The maximum Gasteiger partial charge on any atom is 0.352 e. The lowest BCUT2D eigenvalue weighted by Gasteiger charge is -2.44. The van der Waals surface area contributed by atoms with Crippen LogP contribution in [0.2, 0.25) is 0 Å². The highest BCUT2D eigenvalue weighted by Crippen LogP contribution is 2.47. The van der Waals surface area contributed by atoms with Gasteiger partial charge in [0.25, 0.3) is 0 Å². The van der Waals surface area contributed by atoms with Gasteiger partial charge in [-0.1, -0.05) is 36.4 Å². The molecule has 7 heteroatoms. The molecular weight excluding hydrogens is 454 g/mol. The van der Waals surface area contributed by atoms with Crippen molar-refractivity contribution >= 4 is 44.7 Å². The number of carboxylic acids is 1. The highest BCUT2D eigenvalue weighted by atomic mass is 16.4. The molecule has 2 aliphatic heterocycles. The van der Waals surface area contributed by atoms with Crippen molar-refractivity contribution in [2.75, 3.05) is 5.73 Å². The second-order valence-electron chi connectivity index (χ2n) is 9.70. The number of β-lactam (4-membered cyclic amide) rings is 1. The number of aromatic nitrogens is 1. The molecule has 0 radical (unpaired) electrons. The average molecular weight is 481 g/mol. The molecule has 3 atom stereocenters. The van der Waals surface area contributed by atoms with Gasteiger partial charge in [0.05, 0.1) is 18.1 Å². The van der Waals surface area contributed by atoms with Crippen LogP contribution in [0.4, 0.5) is 5.69 Å². The van der Waals surface area contributed by atoms with Gasteiger partial charge in [0, 0.05) is 23.4 Å². The summed E-state index contributed by atoms with van der Waals surface area (Å²) in [6.07, 6.45) is 3.52. The first-order valence-electron chi connectivity index (χ1n) is 12.0. The summed E-state index contributed by atoms with van der Waals surface area (Å²) in [5, 5.41) is 24.3. The number of pyridine rings is 1. The third kappa shape index (κ3) is 3.35. The first-order chi connectivity index (χ1) is 17.3. The van der Waals surface area contributed by atoms with Crippen LogP contribution in [-0.4, -0.2) is 39.1 Å². The summed E-state index contributed by atoms with van der Waals surface area (Å²) in [5.41, 5.74) is 9.18. The Hall–Kier alpha value is -4.23. The minimum atomic E-state index is -1.12. The quantitative estimate of drug-likeness (QED) is 0.231. The number of nitrogens with two attached hydrogens (primary N) is 1. The highest BCUT2D eigenvalue weighted by molar-refractivity contribution is 6.11. The Kier molecular flexibility index (Phi) is 5.05. The zero-order valence-corrected chi connectivity index (χ0v) is 19.8. The van der Waals surface area contributed by atoms with Gasteiger partial charge in [-0.3, -0.25) is 4.79 Å². The van der Waals surface area contributed by atoms with Gasteiger partial charge in [0.15, 0.2) is 18.9 Å². The molecule has 36 heavy (non-hydrogen) atoms. The monoisotopic (exact) mass is 480 g/mol. The van der Waals surface area contributed by atoms with Crippen molar-refractivity contribution in [2.45, 2.75) is 32.0 Å². The fraction of sp³-hybridized carbons (Fsp3) is 0.207. The molecule has 0 bridgehead atoms. The van der Waals surface area contributed by atoms with Gasteiger partial charge in [0.2, 0.25) is 5.91 Å². The lowest BCUT2D eigenvalue weighted by molar-refractivity contribution is -0.688. The van der Waals surface area contributed by atoms with Gasteiger partial charge < -0.3 is 20.8 Å². The Bertz CT molecular complexity index is 1590. The second kappa shape index (κ2) is 8.17. The van der Waals surface area contributed by atoms with Crippen LogP contribution in [0.5, 0.6) is 0 Å². The van der Waals surface area contributed by atoms with Crippen molar-refractivity contribution in [1.82, 2.24) is 4.90 Å². The summed E-state index contributed by atoms with van der Waals surface area (Å²) in [6.45, 7) is 2.27. The summed E-state index contributed by atoms with van der Waals surface area (Å²) in [5.74, 6) is -2.00. The lowest BCUT2D eigenvalue weighted by atomic mass is 9.82. The van der Waals surface area contributed by atoms with Crippen molar-refractivity contribution < 1.29 is 24.4 Å². The number of nitrogens with zero attached hydrogens (tertiary/aromatic N) is 2. The average Bonchev–Trinajstić information content (AvgIpc) is 3.20. The van der Waals surface area contributed by atoms with E-state index in [2.05, 4.69) is 22.8 Å². The van der Waals surface area contributed by atoms with Gasteiger partial charge in [-0.05, 0) is 58.2 Å². The van der Waals surface area contributed by atoms with Crippen LogP contribution >= 0.6 is 0 Å². The summed E-state index contributed by atoms with van der Waals surface area (Å²) in [6, 6.07) is 19.8. The van der Waals surface area contributed by atoms with Crippen molar-refractivity contribution in [2.24, 2.45) is 5.92 Å². The summed E-state index contributed by atoms with van der Waals surface area (Å²) in [7, 11) is 0. The maximum atomic E-state index is 12.6. The standard InChI is InChI=1S/C29H25N3O4/c1-16(33)26-25-14-24(27(29(35)36)32(25)28(26)34)18-7-6-17-12-19(15-31-10-8-20(30)9-11-31)21-4-2-3-5-22(21)23(17)13-18/h2-13,16,25-26,30,33H,14-15H2,1H3,(H,35,36)/p+1/t16-,25-,26-/m1/s1. The number of hydrogen-bond donors (Lipinski definition) is 3. The zero-order valence-electron chi connectivity index (χ0n) is 19.8. The lowest BCUT2D eigenvalue weighted by Crippen LogP contribution is -2.61. The number of aliphatic carboxylic acids is 1. The van der Waals surface area contributed by atoms with E-state index in [1.807, 2.05) is 54.9 Å². The minimum absolute atomic E-state index is 0.0296. The van der Waals surface area contributed by atoms with E-state index in [0.29, 0.717) is 18.5 Å². The van der Waals surface area contributed by atoms with Crippen molar-refractivity contribution in [1.29, 1.82) is 0 Å². The molecule has 3 heterocycles. The smallest absolute Gasteiger partial charge is 0.352 e. The number of anilines is 1. The van der Waals surface area contributed by atoms with Crippen molar-refractivity contribution in [3.8, 4) is 0 Å². The van der Waals surface area contributed by atoms with Crippen LogP contribution in [-0.2, 0) is 16.1 Å². The topological polar surface area (TPSA) is 108 Å². The summed E-state index contributed by atoms with van der Waals surface area (Å²) < 4.78 is 2.08. The van der Waals surface area contributed by atoms with Crippen LogP contribution in [0.25, 0.3) is 27.1 Å². The van der Waals surface area contributed by atoms with Gasteiger partial charge in [-0.15, -0.1) is 0 Å². The number of carboxylic acid groups (broad SMARTS) is 1. The van der Waals surface area contributed by atoms with Gasteiger partial charge in [-0.25, -0.2) is 9.36 Å². The number of rotatable bonds is 5. The van der Waals surface area contributed by atoms with Crippen LogP contribution in [0.15, 0.2) is 78.8 Å². The van der Waals surface area contributed by atoms with Crippen LogP contribution < -0.4 is 10.3 Å². The first kappa shape index (κ1) is 22.2. The number of hydrogen-bond acceptors (Lipinski definition) is 4. The molecule has 4 N–H and O–H groups in total. The molecule has 0 aliphatic carbocycles. The molecule has 0 saturated carbocycles. The van der Waals surface area contributed by atoms with E-state index >= 15 is 0 Å². The van der Waals surface area contributed by atoms with E-state index < -0.39 is 18.0 Å². The van der Waals surface area contributed by atoms with Gasteiger partial charge in [-0.2, -0.15) is 0 Å². The molecule has 0 unspecified atom stereocenters. The molecule has 4 aromatic rings. The fourth-order valence-corrected chi connectivity index (χ4v) is 5.80. The van der Waals surface area contributed by atoms with E-state index in [4.69, 9.17) is 5.73 Å². The summed E-state index contributed by atoms with van der Waals surface area (Å²) in [4.78, 5) is 26.2.